The first-order valence-corrected chi connectivity index (χ1v) is 4.38. The Bertz CT molecular complexity index is 278. The van der Waals surface area contributed by atoms with Crippen LogP contribution in [0.1, 0.15) is 25.2 Å². The minimum absolute atomic E-state index is 0.343. The number of thiocarbonyl (C=S) groups is 1. The fourth-order valence-corrected chi connectivity index (χ4v) is 1.33. The van der Waals surface area contributed by atoms with Gasteiger partial charge in [0.15, 0.2) is 5.76 Å². The predicted molar refractivity (Wildman–Crippen MR) is 53.1 cm³/mol. The smallest absolute Gasteiger partial charge is 0.163 e. The summed E-state index contributed by atoms with van der Waals surface area (Å²) in [5, 5.41) is 0. The molecule has 2 nitrogen and oxygen atoms in total. The maximum absolute atomic E-state index is 5.47. The molecule has 0 aliphatic heterocycles. The molecule has 0 aliphatic rings. The topological polar surface area (TPSA) is 39.2 Å². The van der Waals surface area contributed by atoms with E-state index < -0.39 is 0 Å². The van der Waals surface area contributed by atoms with Crippen LogP contribution in [0.15, 0.2) is 16.7 Å². The van der Waals surface area contributed by atoms with Crippen LogP contribution in [0.25, 0.3) is 0 Å². The number of hydrogen-bond donors (Lipinski definition) is 1. The van der Waals surface area contributed by atoms with Gasteiger partial charge in [0.05, 0.1) is 6.26 Å². The van der Waals surface area contributed by atoms with E-state index in [0.29, 0.717) is 16.7 Å². The molecule has 0 fully saturated rings. The predicted octanol–water partition coefficient (Wildman–Crippen LogP) is 2.11. The summed E-state index contributed by atoms with van der Waals surface area (Å²) in [5.74, 6) is 1.26. The molecule has 0 aromatic carbocycles. The third kappa shape index (κ3) is 2.08. The molecule has 3 heteroatoms. The van der Waals surface area contributed by atoms with Crippen molar-refractivity contribution in [2.75, 3.05) is 0 Å². The zero-order valence-electron chi connectivity index (χ0n) is 7.33. The van der Waals surface area contributed by atoms with E-state index in [1.807, 2.05) is 6.07 Å². The summed E-state index contributed by atoms with van der Waals surface area (Å²) >= 11 is 4.84. The summed E-state index contributed by atoms with van der Waals surface area (Å²) in [7, 11) is 0. The van der Waals surface area contributed by atoms with Gasteiger partial charge in [-0.2, -0.15) is 0 Å². The molecule has 0 saturated carbocycles. The van der Waals surface area contributed by atoms with E-state index in [-0.39, 0.29) is 0 Å². The molecule has 0 unspecified atom stereocenters. The van der Waals surface area contributed by atoms with E-state index >= 15 is 0 Å². The molecule has 0 atom stereocenters. The summed E-state index contributed by atoms with van der Waals surface area (Å²) in [6.45, 7) is 4.30. The van der Waals surface area contributed by atoms with Crippen molar-refractivity contribution in [1.82, 2.24) is 0 Å². The highest BCUT2D eigenvalue weighted by Crippen LogP contribution is 2.14. The van der Waals surface area contributed by atoms with Gasteiger partial charge in [0.2, 0.25) is 0 Å². The summed E-state index contributed by atoms with van der Waals surface area (Å²) < 4.78 is 5.16. The van der Waals surface area contributed by atoms with Crippen molar-refractivity contribution in [3.05, 3.63) is 23.7 Å². The zero-order valence-corrected chi connectivity index (χ0v) is 8.15. The number of hydrogen-bond acceptors (Lipinski definition) is 2. The Morgan fingerprint density at radius 3 is 2.83 bits per heavy atom. The molecule has 0 radical (unpaired) electrons. The summed E-state index contributed by atoms with van der Waals surface area (Å²) in [4.78, 5) is 0.343. The number of furan rings is 1. The maximum Gasteiger partial charge on any atom is 0.163 e. The highest BCUT2D eigenvalue weighted by molar-refractivity contribution is 7.80. The van der Waals surface area contributed by atoms with Crippen molar-refractivity contribution >= 4 is 17.2 Å². The molecule has 0 saturated heterocycles. The van der Waals surface area contributed by atoms with Gasteiger partial charge in [0, 0.05) is 5.56 Å². The van der Waals surface area contributed by atoms with Crippen molar-refractivity contribution in [2.45, 2.75) is 20.3 Å². The first-order valence-electron chi connectivity index (χ1n) is 3.97. The number of rotatable bonds is 3. The van der Waals surface area contributed by atoms with Gasteiger partial charge in [-0.25, -0.2) is 0 Å². The minimum atomic E-state index is 0.343. The molecule has 0 spiro atoms. The van der Waals surface area contributed by atoms with Crippen LogP contribution in [0.5, 0.6) is 0 Å². The van der Waals surface area contributed by atoms with Crippen LogP contribution < -0.4 is 5.73 Å². The molecule has 1 heterocycles. The van der Waals surface area contributed by atoms with Crippen LogP contribution in [0.3, 0.4) is 0 Å². The van der Waals surface area contributed by atoms with E-state index in [0.717, 1.165) is 12.0 Å². The van der Waals surface area contributed by atoms with Gasteiger partial charge >= 0.3 is 0 Å². The molecule has 1 aromatic rings. The highest BCUT2D eigenvalue weighted by Gasteiger charge is 2.09. The lowest BCUT2D eigenvalue weighted by molar-refractivity contribution is 0.548. The van der Waals surface area contributed by atoms with Crippen LogP contribution in [0.4, 0.5) is 0 Å². The van der Waals surface area contributed by atoms with Crippen LogP contribution in [-0.4, -0.2) is 4.99 Å². The standard InChI is InChI=1S/C9H13NOS/c1-6(2)5-7-3-4-11-8(7)9(10)12/h3-4,6H,5H2,1-2H3,(H2,10,12). The van der Waals surface area contributed by atoms with E-state index in [2.05, 4.69) is 13.8 Å². The average Bonchev–Trinajstić information content (AvgIpc) is 2.33. The third-order valence-corrected chi connectivity index (χ3v) is 1.78. The van der Waals surface area contributed by atoms with Crippen LogP contribution >= 0.6 is 12.2 Å². The molecule has 12 heavy (non-hydrogen) atoms. The summed E-state index contributed by atoms with van der Waals surface area (Å²) in [6.07, 6.45) is 2.59. The van der Waals surface area contributed by atoms with E-state index in [1.54, 1.807) is 6.26 Å². The second kappa shape index (κ2) is 3.72. The Labute approximate surface area is 77.7 Å². The van der Waals surface area contributed by atoms with Gasteiger partial charge in [0.1, 0.15) is 4.99 Å². The lowest BCUT2D eigenvalue weighted by atomic mass is 10.0. The van der Waals surface area contributed by atoms with Gasteiger partial charge in [0.25, 0.3) is 0 Å². The fraction of sp³-hybridized carbons (Fsp3) is 0.444. The van der Waals surface area contributed by atoms with Crippen molar-refractivity contribution in [1.29, 1.82) is 0 Å². The second-order valence-electron chi connectivity index (χ2n) is 3.24. The molecule has 0 amide bonds. The van der Waals surface area contributed by atoms with Gasteiger partial charge < -0.3 is 10.2 Å². The molecule has 2 N–H and O–H groups in total. The molecular formula is C9H13NOS. The Morgan fingerprint density at radius 1 is 1.67 bits per heavy atom. The monoisotopic (exact) mass is 183 g/mol. The zero-order chi connectivity index (χ0) is 9.14. The first-order chi connectivity index (χ1) is 5.61. The van der Waals surface area contributed by atoms with Crippen LogP contribution in [-0.2, 0) is 6.42 Å². The molecule has 66 valence electrons. The second-order valence-corrected chi connectivity index (χ2v) is 3.68. The summed E-state index contributed by atoms with van der Waals surface area (Å²) in [6, 6.07) is 1.93. The van der Waals surface area contributed by atoms with Crippen LogP contribution in [0, 0.1) is 5.92 Å². The van der Waals surface area contributed by atoms with Crippen molar-refractivity contribution < 1.29 is 4.42 Å². The van der Waals surface area contributed by atoms with Gasteiger partial charge in [-0.15, -0.1) is 0 Å². The average molecular weight is 183 g/mol. The Morgan fingerprint density at radius 2 is 2.33 bits per heavy atom. The Balaban J connectivity index is 2.84. The third-order valence-electron chi connectivity index (χ3n) is 1.60. The largest absolute Gasteiger partial charge is 0.462 e. The SMILES string of the molecule is CC(C)Cc1ccoc1C(N)=S. The number of nitrogens with two attached hydrogens (primary N) is 1. The quantitative estimate of drug-likeness (QED) is 0.729. The highest BCUT2D eigenvalue weighted by atomic mass is 32.1. The van der Waals surface area contributed by atoms with E-state index in [1.165, 1.54) is 0 Å². The molecule has 0 aliphatic carbocycles. The lowest BCUT2D eigenvalue weighted by Gasteiger charge is -2.03. The molecule has 1 aromatic heterocycles. The minimum Gasteiger partial charge on any atom is -0.462 e. The van der Waals surface area contributed by atoms with Crippen molar-refractivity contribution in [2.24, 2.45) is 11.7 Å². The van der Waals surface area contributed by atoms with E-state index in [4.69, 9.17) is 22.4 Å². The normalized spacial score (nSPS) is 10.6. The lowest BCUT2D eigenvalue weighted by Crippen LogP contribution is -2.11. The molecule has 0 bridgehead atoms. The van der Waals surface area contributed by atoms with Crippen molar-refractivity contribution in [3.63, 3.8) is 0 Å². The molecular weight excluding hydrogens is 170 g/mol. The summed E-state index contributed by atoms with van der Waals surface area (Å²) in [5.41, 5.74) is 6.58. The van der Waals surface area contributed by atoms with Gasteiger partial charge in [-0.05, 0) is 18.4 Å². The Kier molecular flexibility index (Phi) is 2.87. The van der Waals surface area contributed by atoms with Gasteiger partial charge in [-0.1, -0.05) is 26.1 Å². The maximum atomic E-state index is 5.47. The Hall–Kier alpha value is -0.830. The first kappa shape index (κ1) is 9.26. The fourth-order valence-electron chi connectivity index (χ4n) is 1.15. The molecule has 1 rings (SSSR count). The van der Waals surface area contributed by atoms with Gasteiger partial charge in [-0.3, -0.25) is 0 Å². The van der Waals surface area contributed by atoms with Crippen molar-refractivity contribution in [3.8, 4) is 0 Å². The van der Waals surface area contributed by atoms with Crippen LogP contribution in [0.2, 0.25) is 0 Å². The van der Waals surface area contributed by atoms with E-state index in [9.17, 15) is 0 Å².